The molecule has 2 rings (SSSR count). The minimum atomic E-state index is -0.156. The van der Waals surface area contributed by atoms with E-state index in [9.17, 15) is 9.90 Å². The largest absolute Gasteiger partial charge is 0.507 e. The van der Waals surface area contributed by atoms with E-state index in [1.165, 1.54) is 24.5 Å². The molecule has 0 spiro atoms. The van der Waals surface area contributed by atoms with Crippen molar-refractivity contribution < 1.29 is 14.6 Å². The molecule has 0 aliphatic rings. The number of aromatic nitrogens is 1. The minimum absolute atomic E-state index is 0.0652. The molecule has 0 fully saturated rings. The number of methoxy groups -OCH3 is 1. The number of carbonyl (C=O) groups is 1. The first kappa shape index (κ1) is 11.6. The lowest BCUT2D eigenvalue weighted by molar-refractivity contribution is 0.0989. The number of thiazole rings is 1. The van der Waals surface area contributed by atoms with Gasteiger partial charge in [-0.1, -0.05) is 0 Å². The van der Waals surface area contributed by atoms with Crippen molar-refractivity contribution in [2.75, 3.05) is 7.11 Å². The molecule has 0 amide bonds. The van der Waals surface area contributed by atoms with E-state index < -0.39 is 0 Å². The van der Waals surface area contributed by atoms with Crippen LogP contribution < -0.4 is 4.74 Å². The highest BCUT2D eigenvalue weighted by Crippen LogP contribution is 2.24. The normalized spacial score (nSPS) is 10.2. The summed E-state index contributed by atoms with van der Waals surface area (Å²) < 4.78 is 4.95. The number of benzene rings is 1. The third-order valence-corrected chi connectivity index (χ3v) is 2.97. The molecular formula is C12H11NO3S. The smallest absolute Gasteiger partial charge is 0.172 e. The Balaban J connectivity index is 2.19. The SMILES string of the molecule is COc1ccc(C(=O)Cc2cscn2)c(O)c1. The second-order valence-electron chi connectivity index (χ2n) is 3.46. The number of phenols is 1. The van der Waals surface area contributed by atoms with Gasteiger partial charge in [-0.15, -0.1) is 11.3 Å². The van der Waals surface area contributed by atoms with Gasteiger partial charge in [0, 0.05) is 11.4 Å². The van der Waals surface area contributed by atoms with Crippen LogP contribution in [-0.2, 0) is 6.42 Å². The molecule has 0 saturated carbocycles. The van der Waals surface area contributed by atoms with Crippen LogP contribution in [0.1, 0.15) is 16.1 Å². The number of hydrogen-bond donors (Lipinski definition) is 1. The fourth-order valence-corrected chi connectivity index (χ4v) is 2.02. The van der Waals surface area contributed by atoms with Crippen LogP contribution in [0.2, 0.25) is 0 Å². The first-order chi connectivity index (χ1) is 8.20. The van der Waals surface area contributed by atoms with Crippen molar-refractivity contribution >= 4 is 17.1 Å². The zero-order chi connectivity index (χ0) is 12.3. The fraction of sp³-hybridized carbons (Fsp3) is 0.167. The van der Waals surface area contributed by atoms with E-state index >= 15 is 0 Å². The number of hydrogen-bond acceptors (Lipinski definition) is 5. The third-order valence-electron chi connectivity index (χ3n) is 2.33. The van der Waals surface area contributed by atoms with Gasteiger partial charge in [0.1, 0.15) is 11.5 Å². The molecule has 0 saturated heterocycles. The monoisotopic (exact) mass is 249 g/mol. The summed E-state index contributed by atoms with van der Waals surface area (Å²) in [5.74, 6) is 0.299. The molecule has 0 aliphatic carbocycles. The van der Waals surface area contributed by atoms with E-state index in [1.807, 2.05) is 5.38 Å². The molecule has 0 aliphatic heterocycles. The van der Waals surface area contributed by atoms with Crippen LogP contribution in [0.5, 0.6) is 11.5 Å². The molecule has 0 unspecified atom stereocenters. The van der Waals surface area contributed by atoms with E-state index in [0.717, 1.165) is 5.69 Å². The van der Waals surface area contributed by atoms with Crippen molar-refractivity contribution in [3.8, 4) is 11.5 Å². The molecular weight excluding hydrogens is 238 g/mol. The maximum absolute atomic E-state index is 11.9. The molecule has 0 radical (unpaired) electrons. The predicted molar refractivity (Wildman–Crippen MR) is 64.8 cm³/mol. The van der Waals surface area contributed by atoms with Crippen LogP contribution >= 0.6 is 11.3 Å². The Morgan fingerprint density at radius 2 is 2.35 bits per heavy atom. The van der Waals surface area contributed by atoms with E-state index in [4.69, 9.17) is 4.74 Å². The number of ketones is 1. The van der Waals surface area contributed by atoms with Crippen LogP contribution in [0.4, 0.5) is 0 Å². The molecule has 1 aromatic heterocycles. The van der Waals surface area contributed by atoms with Crippen LogP contribution in [0.3, 0.4) is 0 Å². The summed E-state index contributed by atoms with van der Waals surface area (Å²) in [5, 5.41) is 11.5. The number of nitrogens with zero attached hydrogens (tertiary/aromatic N) is 1. The van der Waals surface area contributed by atoms with Gasteiger partial charge in [-0.3, -0.25) is 4.79 Å². The number of aromatic hydroxyl groups is 1. The van der Waals surface area contributed by atoms with E-state index in [0.29, 0.717) is 11.3 Å². The van der Waals surface area contributed by atoms with Gasteiger partial charge < -0.3 is 9.84 Å². The van der Waals surface area contributed by atoms with Gasteiger partial charge in [-0.25, -0.2) is 4.98 Å². The molecule has 0 bridgehead atoms. The van der Waals surface area contributed by atoms with Gasteiger partial charge in [-0.2, -0.15) is 0 Å². The van der Waals surface area contributed by atoms with Crippen molar-refractivity contribution in [2.45, 2.75) is 6.42 Å². The number of phenolic OH excluding ortho intramolecular Hbond substituents is 1. The van der Waals surface area contributed by atoms with Gasteiger partial charge in [0.2, 0.25) is 0 Å². The van der Waals surface area contributed by atoms with Crippen molar-refractivity contribution in [1.29, 1.82) is 0 Å². The molecule has 1 heterocycles. The lowest BCUT2D eigenvalue weighted by atomic mass is 10.1. The average molecular weight is 249 g/mol. The third kappa shape index (κ3) is 2.62. The highest BCUT2D eigenvalue weighted by atomic mass is 32.1. The van der Waals surface area contributed by atoms with E-state index in [-0.39, 0.29) is 18.0 Å². The molecule has 17 heavy (non-hydrogen) atoms. The van der Waals surface area contributed by atoms with Crippen LogP contribution in [-0.4, -0.2) is 23.0 Å². The number of carbonyl (C=O) groups excluding carboxylic acids is 1. The second-order valence-corrected chi connectivity index (χ2v) is 4.18. The van der Waals surface area contributed by atoms with E-state index in [1.54, 1.807) is 17.6 Å². The Kier molecular flexibility index (Phi) is 3.39. The van der Waals surface area contributed by atoms with Gasteiger partial charge >= 0.3 is 0 Å². The lowest BCUT2D eigenvalue weighted by Gasteiger charge is -2.05. The number of ether oxygens (including phenoxy) is 1. The van der Waals surface area contributed by atoms with E-state index in [2.05, 4.69) is 4.98 Å². The lowest BCUT2D eigenvalue weighted by Crippen LogP contribution is -2.04. The van der Waals surface area contributed by atoms with Gasteiger partial charge in [0.25, 0.3) is 0 Å². The van der Waals surface area contributed by atoms with Gasteiger partial charge in [-0.05, 0) is 12.1 Å². The summed E-state index contributed by atoms with van der Waals surface area (Å²) in [4.78, 5) is 15.9. The second kappa shape index (κ2) is 4.97. The summed E-state index contributed by atoms with van der Waals surface area (Å²) in [5.41, 5.74) is 2.69. The minimum Gasteiger partial charge on any atom is -0.507 e. The molecule has 1 N–H and O–H groups in total. The zero-order valence-corrected chi connectivity index (χ0v) is 10.0. The Morgan fingerprint density at radius 1 is 1.53 bits per heavy atom. The summed E-state index contributed by atoms with van der Waals surface area (Å²) in [6.07, 6.45) is 0.198. The maximum atomic E-state index is 11.9. The summed E-state index contributed by atoms with van der Waals surface area (Å²) in [6, 6.07) is 4.63. The van der Waals surface area contributed by atoms with Gasteiger partial charge in [0.15, 0.2) is 5.78 Å². The quantitative estimate of drug-likeness (QED) is 0.844. The van der Waals surface area contributed by atoms with Crippen LogP contribution in [0.15, 0.2) is 29.1 Å². The fourth-order valence-electron chi connectivity index (χ4n) is 1.46. The first-order valence-electron chi connectivity index (χ1n) is 4.98. The summed E-state index contributed by atoms with van der Waals surface area (Å²) in [6.45, 7) is 0. The Labute approximate surface area is 103 Å². The number of rotatable bonds is 4. The average Bonchev–Trinajstić information content (AvgIpc) is 2.81. The van der Waals surface area contributed by atoms with Crippen molar-refractivity contribution in [3.63, 3.8) is 0 Å². The zero-order valence-electron chi connectivity index (χ0n) is 9.21. The first-order valence-corrected chi connectivity index (χ1v) is 5.92. The molecule has 2 aromatic rings. The van der Waals surface area contributed by atoms with Crippen LogP contribution in [0.25, 0.3) is 0 Å². The Hall–Kier alpha value is -1.88. The van der Waals surface area contributed by atoms with Crippen molar-refractivity contribution in [3.05, 3.63) is 40.3 Å². The molecule has 5 heteroatoms. The summed E-state index contributed by atoms with van der Waals surface area (Å²) in [7, 11) is 1.51. The maximum Gasteiger partial charge on any atom is 0.172 e. The Bertz CT molecular complexity index is 523. The van der Waals surface area contributed by atoms with Crippen LogP contribution in [0, 0.1) is 0 Å². The predicted octanol–water partition coefficient (Wildman–Crippen LogP) is 2.28. The highest BCUT2D eigenvalue weighted by Gasteiger charge is 2.13. The standard InChI is InChI=1S/C12H11NO3S/c1-16-9-2-3-10(12(15)5-9)11(14)4-8-6-17-7-13-8/h2-3,5-7,15H,4H2,1H3. The van der Waals surface area contributed by atoms with Gasteiger partial charge in [0.05, 0.1) is 30.3 Å². The topological polar surface area (TPSA) is 59.4 Å². The highest BCUT2D eigenvalue weighted by molar-refractivity contribution is 7.07. The number of Topliss-reactive ketones (excluding diaryl/α,β-unsaturated/α-hetero) is 1. The molecule has 1 aromatic carbocycles. The molecule has 88 valence electrons. The molecule has 0 atom stereocenters. The summed E-state index contributed by atoms with van der Waals surface area (Å²) >= 11 is 1.44. The Morgan fingerprint density at radius 3 is 2.94 bits per heavy atom. The molecule has 4 nitrogen and oxygen atoms in total. The van der Waals surface area contributed by atoms with Crippen molar-refractivity contribution in [1.82, 2.24) is 4.98 Å². The van der Waals surface area contributed by atoms with Crippen molar-refractivity contribution in [2.24, 2.45) is 0 Å².